The average molecular weight is 333 g/mol. The molecule has 0 aliphatic carbocycles. The molecule has 3 N–H and O–H groups in total. The summed E-state index contributed by atoms with van der Waals surface area (Å²) in [5.41, 5.74) is 7.20. The van der Waals surface area contributed by atoms with Crippen molar-refractivity contribution in [1.82, 2.24) is 5.32 Å². The molecule has 1 heterocycles. The number of amidine groups is 1. The SMILES string of the molecule is CCOC(=O)C1=C(C)NC(SCC(N)=O)=N[C@H]1c1ccccc1. The first-order chi connectivity index (χ1) is 11.0. The molecule has 1 aromatic carbocycles. The highest BCUT2D eigenvalue weighted by Gasteiger charge is 2.30. The van der Waals surface area contributed by atoms with Crippen LogP contribution in [0, 0.1) is 0 Å². The number of nitrogens with one attached hydrogen (secondary N) is 1. The molecule has 6 nitrogen and oxygen atoms in total. The molecular weight excluding hydrogens is 314 g/mol. The van der Waals surface area contributed by atoms with Crippen molar-refractivity contribution < 1.29 is 14.3 Å². The first-order valence-electron chi connectivity index (χ1n) is 7.21. The third-order valence-electron chi connectivity index (χ3n) is 3.18. The van der Waals surface area contributed by atoms with E-state index in [0.717, 1.165) is 5.56 Å². The molecule has 0 bridgehead atoms. The van der Waals surface area contributed by atoms with E-state index in [1.165, 1.54) is 11.8 Å². The number of rotatable bonds is 5. The van der Waals surface area contributed by atoms with Gasteiger partial charge in [-0.1, -0.05) is 42.1 Å². The molecule has 0 radical (unpaired) electrons. The van der Waals surface area contributed by atoms with Crippen molar-refractivity contribution in [1.29, 1.82) is 0 Å². The van der Waals surface area contributed by atoms with E-state index < -0.39 is 17.9 Å². The van der Waals surface area contributed by atoms with E-state index in [-0.39, 0.29) is 5.75 Å². The Labute approximate surface area is 139 Å². The fraction of sp³-hybridized carbons (Fsp3) is 0.312. The van der Waals surface area contributed by atoms with Crippen LogP contribution in [0.1, 0.15) is 25.5 Å². The summed E-state index contributed by atoms with van der Waals surface area (Å²) in [6, 6.07) is 9.03. The van der Waals surface area contributed by atoms with Crippen LogP contribution in [-0.4, -0.2) is 29.4 Å². The molecule has 122 valence electrons. The monoisotopic (exact) mass is 333 g/mol. The van der Waals surface area contributed by atoms with Gasteiger partial charge < -0.3 is 15.8 Å². The van der Waals surface area contributed by atoms with Gasteiger partial charge in [-0.25, -0.2) is 9.79 Å². The minimum atomic E-state index is -0.466. The van der Waals surface area contributed by atoms with Gasteiger partial charge in [0, 0.05) is 5.70 Å². The fourth-order valence-electron chi connectivity index (χ4n) is 2.21. The maximum absolute atomic E-state index is 12.3. The van der Waals surface area contributed by atoms with Gasteiger partial charge in [0.05, 0.1) is 17.9 Å². The van der Waals surface area contributed by atoms with Gasteiger partial charge in [-0.2, -0.15) is 0 Å². The first kappa shape index (κ1) is 17.1. The number of primary amides is 1. The summed E-state index contributed by atoms with van der Waals surface area (Å²) in [6.07, 6.45) is 0. The van der Waals surface area contributed by atoms with E-state index in [1.807, 2.05) is 30.3 Å². The van der Waals surface area contributed by atoms with Crippen molar-refractivity contribution in [3.05, 3.63) is 47.2 Å². The largest absolute Gasteiger partial charge is 0.463 e. The van der Waals surface area contributed by atoms with E-state index in [1.54, 1.807) is 13.8 Å². The highest BCUT2D eigenvalue weighted by atomic mass is 32.2. The lowest BCUT2D eigenvalue weighted by Crippen LogP contribution is -2.31. The third kappa shape index (κ3) is 4.35. The molecule has 7 heteroatoms. The van der Waals surface area contributed by atoms with E-state index in [9.17, 15) is 9.59 Å². The number of thioether (sulfide) groups is 1. The number of carbonyl (C=O) groups excluding carboxylic acids is 2. The Balaban J connectivity index is 2.35. The Morgan fingerprint density at radius 1 is 1.35 bits per heavy atom. The first-order valence-corrected chi connectivity index (χ1v) is 8.20. The van der Waals surface area contributed by atoms with E-state index >= 15 is 0 Å². The molecule has 2 rings (SSSR count). The fourth-order valence-corrected chi connectivity index (χ4v) is 2.89. The van der Waals surface area contributed by atoms with Gasteiger partial charge in [-0.05, 0) is 19.4 Å². The number of hydrogen-bond donors (Lipinski definition) is 2. The zero-order valence-electron chi connectivity index (χ0n) is 13.0. The Kier molecular flexibility index (Phi) is 5.81. The lowest BCUT2D eigenvalue weighted by atomic mass is 9.97. The molecule has 1 aliphatic rings. The standard InChI is InChI=1S/C16H19N3O3S/c1-3-22-15(21)13-10(2)18-16(23-9-12(17)20)19-14(13)11-7-5-4-6-8-11/h4-8,14H,3,9H2,1-2H3,(H2,17,20)(H,18,19)/t14-/m0/s1. The number of aliphatic imine (C=N–C) groups is 1. The summed E-state index contributed by atoms with van der Waals surface area (Å²) in [4.78, 5) is 27.8. The van der Waals surface area contributed by atoms with Crippen LogP contribution in [0.2, 0.25) is 0 Å². The number of ether oxygens (including phenoxy) is 1. The molecule has 1 aromatic rings. The molecule has 0 saturated heterocycles. The smallest absolute Gasteiger partial charge is 0.338 e. The summed E-state index contributed by atoms with van der Waals surface area (Å²) in [5, 5.41) is 3.60. The van der Waals surface area contributed by atoms with Crippen molar-refractivity contribution in [3.8, 4) is 0 Å². The molecule has 1 aliphatic heterocycles. The van der Waals surface area contributed by atoms with Crippen LogP contribution in [0.5, 0.6) is 0 Å². The van der Waals surface area contributed by atoms with Gasteiger partial charge in [0.1, 0.15) is 6.04 Å². The highest BCUT2D eigenvalue weighted by Crippen LogP contribution is 2.32. The van der Waals surface area contributed by atoms with E-state index in [4.69, 9.17) is 10.5 Å². The van der Waals surface area contributed by atoms with Crippen LogP contribution < -0.4 is 11.1 Å². The molecule has 0 fully saturated rings. The minimum Gasteiger partial charge on any atom is -0.463 e. The number of benzene rings is 1. The summed E-state index contributed by atoms with van der Waals surface area (Å²) in [7, 11) is 0. The van der Waals surface area contributed by atoms with E-state index in [2.05, 4.69) is 10.3 Å². The van der Waals surface area contributed by atoms with Gasteiger partial charge in [-0.15, -0.1) is 0 Å². The van der Waals surface area contributed by atoms with Crippen molar-refractivity contribution in [2.24, 2.45) is 10.7 Å². The second-order valence-corrected chi connectivity index (χ2v) is 5.85. The second-order valence-electron chi connectivity index (χ2n) is 4.89. The Morgan fingerprint density at radius 2 is 2.04 bits per heavy atom. The zero-order valence-corrected chi connectivity index (χ0v) is 13.9. The molecule has 1 atom stereocenters. The number of allylic oxidation sites excluding steroid dienone is 1. The number of esters is 1. The zero-order chi connectivity index (χ0) is 16.8. The van der Waals surface area contributed by atoms with Crippen LogP contribution in [0.4, 0.5) is 0 Å². The molecule has 0 spiro atoms. The van der Waals surface area contributed by atoms with Gasteiger partial charge in [0.25, 0.3) is 0 Å². The Morgan fingerprint density at radius 3 is 2.65 bits per heavy atom. The van der Waals surface area contributed by atoms with Gasteiger partial charge in [0.15, 0.2) is 5.17 Å². The van der Waals surface area contributed by atoms with Crippen LogP contribution in [0.15, 0.2) is 46.6 Å². The molecule has 1 amide bonds. The number of nitrogens with zero attached hydrogens (tertiary/aromatic N) is 1. The maximum Gasteiger partial charge on any atom is 0.338 e. The van der Waals surface area contributed by atoms with Crippen molar-refractivity contribution >= 4 is 28.8 Å². The molecular formula is C16H19N3O3S. The van der Waals surface area contributed by atoms with Gasteiger partial charge in [0.2, 0.25) is 5.91 Å². The number of nitrogens with two attached hydrogens (primary N) is 1. The topological polar surface area (TPSA) is 93.8 Å². The lowest BCUT2D eigenvalue weighted by Gasteiger charge is -2.25. The molecule has 23 heavy (non-hydrogen) atoms. The normalized spacial score (nSPS) is 17.3. The Hall–Kier alpha value is -2.28. The second kappa shape index (κ2) is 7.82. The third-order valence-corrected chi connectivity index (χ3v) is 4.09. The average Bonchev–Trinajstić information content (AvgIpc) is 2.53. The van der Waals surface area contributed by atoms with Crippen LogP contribution in [0.3, 0.4) is 0 Å². The molecule has 0 aromatic heterocycles. The van der Waals surface area contributed by atoms with Crippen molar-refractivity contribution in [2.75, 3.05) is 12.4 Å². The van der Waals surface area contributed by atoms with Gasteiger partial charge >= 0.3 is 5.97 Å². The van der Waals surface area contributed by atoms with Crippen LogP contribution in [-0.2, 0) is 14.3 Å². The van der Waals surface area contributed by atoms with Crippen molar-refractivity contribution in [2.45, 2.75) is 19.9 Å². The number of hydrogen-bond acceptors (Lipinski definition) is 6. The predicted molar refractivity (Wildman–Crippen MR) is 90.7 cm³/mol. The summed E-state index contributed by atoms with van der Waals surface area (Å²) in [6.45, 7) is 3.85. The summed E-state index contributed by atoms with van der Waals surface area (Å²) < 4.78 is 5.15. The quantitative estimate of drug-likeness (QED) is 0.801. The number of amides is 1. The number of carbonyl (C=O) groups is 2. The van der Waals surface area contributed by atoms with Crippen molar-refractivity contribution in [3.63, 3.8) is 0 Å². The molecule has 0 unspecified atom stereocenters. The maximum atomic E-state index is 12.3. The van der Waals surface area contributed by atoms with Gasteiger partial charge in [-0.3, -0.25) is 4.79 Å². The van der Waals surface area contributed by atoms with Crippen LogP contribution >= 0.6 is 11.8 Å². The Bertz CT molecular complexity index is 656. The summed E-state index contributed by atoms with van der Waals surface area (Å²) >= 11 is 1.21. The predicted octanol–water partition coefficient (Wildman–Crippen LogP) is 1.74. The minimum absolute atomic E-state index is 0.120. The molecule has 0 saturated carbocycles. The van der Waals surface area contributed by atoms with Crippen LogP contribution in [0.25, 0.3) is 0 Å². The van der Waals surface area contributed by atoms with E-state index in [0.29, 0.717) is 23.0 Å². The lowest BCUT2D eigenvalue weighted by molar-refractivity contribution is -0.139. The highest BCUT2D eigenvalue weighted by molar-refractivity contribution is 8.14. The summed E-state index contributed by atoms with van der Waals surface area (Å²) in [5.74, 6) is -0.697.